The number of rotatable bonds is 9. The van der Waals surface area contributed by atoms with Gasteiger partial charge in [-0.25, -0.2) is 0 Å². The summed E-state index contributed by atoms with van der Waals surface area (Å²) in [5, 5.41) is -0.316. The first kappa shape index (κ1) is 36.1. The third-order valence-electron chi connectivity index (χ3n) is 6.65. The van der Waals surface area contributed by atoms with Crippen LogP contribution in [0, 0.1) is 0 Å². The maximum Gasteiger partial charge on any atom is 0.308 e. The van der Waals surface area contributed by atoms with E-state index in [4.69, 9.17) is 42.3 Å². The molecule has 49 heavy (non-hydrogen) atoms. The fourth-order valence-corrected chi connectivity index (χ4v) is 5.02. The van der Waals surface area contributed by atoms with Gasteiger partial charge < -0.3 is 42.3 Å². The number of hydrogen-bond donors (Lipinski definition) is 0. The van der Waals surface area contributed by atoms with Crippen molar-refractivity contribution in [1.82, 2.24) is 0 Å². The number of hydrogen-bond acceptors (Lipinski definition) is 16. The van der Waals surface area contributed by atoms with Crippen LogP contribution in [0.5, 0.6) is 23.0 Å². The number of carbonyl (C=O) groups is 6. The van der Waals surface area contributed by atoms with Crippen molar-refractivity contribution < 1.29 is 71.1 Å². The molecule has 0 N–H and O–H groups in total. The van der Waals surface area contributed by atoms with E-state index in [1.54, 1.807) is 0 Å². The number of benzene rings is 2. The lowest BCUT2D eigenvalue weighted by atomic mass is 9.98. The van der Waals surface area contributed by atoms with Gasteiger partial charge >= 0.3 is 35.8 Å². The highest BCUT2D eigenvalue weighted by atomic mass is 16.7. The second kappa shape index (κ2) is 15.0. The predicted molar refractivity (Wildman–Crippen MR) is 163 cm³/mol. The maximum atomic E-state index is 14.4. The van der Waals surface area contributed by atoms with Crippen molar-refractivity contribution in [1.29, 1.82) is 0 Å². The summed E-state index contributed by atoms with van der Waals surface area (Å²) < 4.78 is 50.0. The Kier molecular flexibility index (Phi) is 11.0. The monoisotopic (exact) mass is 684 g/mol. The SMILES string of the molecule is CC(=O)Oc1ccc(-c2oc3cc(OC(C)=O)cc(OC(C)=O)c3c(=O)c2O[C@@H]2O[C@@H](C)[C@H](OC(C)=O)[C@@H](OC(C)=O)[C@H]2OC(C)=O)cc1. The highest BCUT2D eigenvalue weighted by Gasteiger charge is 2.52. The summed E-state index contributed by atoms with van der Waals surface area (Å²) in [7, 11) is 0. The van der Waals surface area contributed by atoms with E-state index in [-0.39, 0.29) is 39.5 Å². The van der Waals surface area contributed by atoms with Gasteiger partial charge in [-0.05, 0) is 31.2 Å². The Hall–Kier alpha value is -5.77. The van der Waals surface area contributed by atoms with Crippen molar-refractivity contribution in [3.8, 4) is 34.3 Å². The fraction of sp³-hybridized carbons (Fsp3) is 0.364. The number of carbonyl (C=O) groups excluding carboxylic acids is 6. The molecule has 0 spiro atoms. The molecule has 2 heterocycles. The average molecular weight is 685 g/mol. The van der Waals surface area contributed by atoms with Crippen molar-refractivity contribution in [2.45, 2.75) is 79.2 Å². The minimum absolute atomic E-state index is 0.121. The molecule has 16 heteroatoms. The zero-order valence-electron chi connectivity index (χ0n) is 27.4. The Labute approximate surface area is 278 Å². The first-order valence-corrected chi connectivity index (χ1v) is 14.7. The van der Waals surface area contributed by atoms with E-state index in [0.717, 1.165) is 40.7 Å². The standard InChI is InChI=1S/C33H32O16/c1-14-28(45-18(5)37)31(46-19(6)38)32(47-20(7)39)33(41-14)49-30-27(40)26-24(44-17(4)36)12-23(43-16(3)35)13-25(26)48-29(30)21-8-10-22(11-9-21)42-15(2)34/h8-14,28,31-33H,1-7H3/t14-,28-,31+,32+,33-/m0/s1. The summed E-state index contributed by atoms with van der Waals surface area (Å²) in [5.41, 5.74) is -0.928. The van der Waals surface area contributed by atoms with Gasteiger partial charge in [0.1, 0.15) is 28.2 Å². The topological polar surface area (TPSA) is 206 Å². The average Bonchev–Trinajstić information content (AvgIpc) is 2.97. The Morgan fingerprint density at radius 2 is 1.16 bits per heavy atom. The molecule has 0 aliphatic carbocycles. The van der Waals surface area contributed by atoms with Crippen molar-refractivity contribution in [3.05, 3.63) is 46.6 Å². The van der Waals surface area contributed by atoms with Crippen LogP contribution < -0.4 is 24.4 Å². The zero-order valence-corrected chi connectivity index (χ0v) is 27.4. The van der Waals surface area contributed by atoms with Crippen molar-refractivity contribution in [2.24, 2.45) is 0 Å². The summed E-state index contributed by atoms with van der Waals surface area (Å²) in [6.07, 6.45) is -7.06. The molecule has 0 bridgehead atoms. The van der Waals surface area contributed by atoms with Gasteiger partial charge in [0.15, 0.2) is 18.0 Å². The normalized spacial score (nSPS) is 20.0. The summed E-state index contributed by atoms with van der Waals surface area (Å²) >= 11 is 0. The molecule has 1 aliphatic rings. The van der Waals surface area contributed by atoms with E-state index >= 15 is 0 Å². The van der Waals surface area contributed by atoms with Gasteiger partial charge in [-0.15, -0.1) is 0 Å². The minimum atomic E-state index is -1.69. The second-order valence-electron chi connectivity index (χ2n) is 10.7. The molecular weight excluding hydrogens is 652 g/mol. The van der Waals surface area contributed by atoms with Crippen LogP contribution >= 0.6 is 0 Å². The smallest absolute Gasteiger partial charge is 0.308 e. The molecule has 0 radical (unpaired) electrons. The molecule has 260 valence electrons. The van der Waals surface area contributed by atoms with Gasteiger partial charge in [0, 0.05) is 59.2 Å². The summed E-state index contributed by atoms with van der Waals surface area (Å²) in [5.74, 6) is -5.66. The first-order chi connectivity index (χ1) is 23.0. The minimum Gasteiger partial charge on any atom is -0.456 e. The Balaban J connectivity index is 1.97. The molecular formula is C33H32O16. The maximum absolute atomic E-state index is 14.4. The highest BCUT2D eigenvalue weighted by molar-refractivity contribution is 5.91. The highest BCUT2D eigenvalue weighted by Crippen LogP contribution is 2.39. The van der Waals surface area contributed by atoms with E-state index in [1.807, 2.05) is 0 Å². The van der Waals surface area contributed by atoms with Crippen molar-refractivity contribution in [2.75, 3.05) is 0 Å². The lowest BCUT2D eigenvalue weighted by Gasteiger charge is -2.43. The van der Waals surface area contributed by atoms with E-state index in [2.05, 4.69) is 0 Å². The van der Waals surface area contributed by atoms with Gasteiger partial charge in [0.05, 0.1) is 6.10 Å². The largest absolute Gasteiger partial charge is 0.456 e. The second-order valence-corrected chi connectivity index (χ2v) is 10.7. The molecule has 0 unspecified atom stereocenters. The van der Waals surface area contributed by atoms with E-state index in [1.165, 1.54) is 44.2 Å². The fourth-order valence-electron chi connectivity index (χ4n) is 5.02. The third-order valence-corrected chi connectivity index (χ3v) is 6.65. The van der Waals surface area contributed by atoms with Crippen LogP contribution in [0.3, 0.4) is 0 Å². The zero-order chi connectivity index (χ0) is 36.2. The number of ether oxygens (including phenoxy) is 8. The predicted octanol–water partition coefficient (Wildman–Crippen LogP) is 3.15. The van der Waals surface area contributed by atoms with Gasteiger partial charge in [0.25, 0.3) is 0 Å². The molecule has 1 fully saturated rings. The molecule has 5 atom stereocenters. The number of fused-ring (bicyclic) bond motifs is 1. The van der Waals surface area contributed by atoms with Gasteiger partial charge in [-0.2, -0.15) is 0 Å². The van der Waals surface area contributed by atoms with Gasteiger partial charge in [-0.1, -0.05) is 0 Å². The lowest BCUT2D eigenvalue weighted by Crippen LogP contribution is -2.62. The van der Waals surface area contributed by atoms with Crippen LogP contribution in [0.15, 0.2) is 45.6 Å². The number of esters is 6. The summed E-state index contributed by atoms with van der Waals surface area (Å²) in [4.78, 5) is 86.0. The Bertz CT molecular complexity index is 1860. The van der Waals surface area contributed by atoms with Crippen LogP contribution in [-0.4, -0.2) is 66.5 Å². The Morgan fingerprint density at radius 1 is 0.633 bits per heavy atom. The van der Waals surface area contributed by atoms with Crippen LogP contribution in [0.2, 0.25) is 0 Å². The summed E-state index contributed by atoms with van der Waals surface area (Å²) in [6, 6.07) is 8.03. The molecule has 1 saturated heterocycles. The molecule has 2 aromatic carbocycles. The van der Waals surface area contributed by atoms with Crippen LogP contribution in [-0.2, 0) is 47.7 Å². The Morgan fingerprint density at radius 3 is 1.71 bits per heavy atom. The molecule has 16 nitrogen and oxygen atoms in total. The molecule has 1 aliphatic heterocycles. The lowest BCUT2D eigenvalue weighted by molar-refractivity contribution is -0.280. The molecule has 0 saturated carbocycles. The van der Waals surface area contributed by atoms with Crippen LogP contribution in [0.1, 0.15) is 48.5 Å². The van der Waals surface area contributed by atoms with E-state index in [0.29, 0.717) is 0 Å². The third kappa shape index (κ3) is 8.78. The molecule has 1 aromatic heterocycles. The van der Waals surface area contributed by atoms with Crippen molar-refractivity contribution in [3.63, 3.8) is 0 Å². The first-order valence-electron chi connectivity index (χ1n) is 14.7. The van der Waals surface area contributed by atoms with E-state index in [9.17, 15) is 33.6 Å². The molecule has 3 aromatic rings. The van der Waals surface area contributed by atoms with Crippen molar-refractivity contribution >= 4 is 46.8 Å². The van der Waals surface area contributed by atoms with E-state index < -0.39 is 77.7 Å². The van der Waals surface area contributed by atoms with Crippen LogP contribution in [0.4, 0.5) is 0 Å². The molecule has 0 amide bonds. The molecule has 4 rings (SSSR count). The quantitative estimate of drug-likeness (QED) is 0.180. The van der Waals surface area contributed by atoms with Gasteiger partial charge in [-0.3, -0.25) is 33.6 Å². The van der Waals surface area contributed by atoms with Crippen LogP contribution in [0.25, 0.3) is 22.3 Å². The summed E-state index contributed by atoms with van der Waals surface area (Å²) in [6.45, 7) is 8.17. The van der Waals surface area contributed by atoms with Gasteiger partial charge in [0.2, 0.25) is 23.6 Å².